The van der Waals surface area contributed by atoms with Gasteiger partial charge in [-0.15, -0.1) is 0 Å². The molecule has 0 aliphatic heterocycles. The second-order valence-electron chi connectivity index (χ2n) is 4.21. The smallest absolute Gasteiger partial charge is 0.0166 e. The summed E-state index contributed by atoms with van der Waals surface area (Å²) in [5.74, 6) is 0. The first-order valence-corrected chi connectivity index (χ1v) is 6.99. The van der Waals surface area contributed by atoms with Crippen LogP contribution in [0.1, 0.15) is 58.8 Å². The zero-order chi connectivity index (χ0) is 12.6. The lowest BCUT2D eigenvalue weighted by atomic mass is 10.2. The van der Waals surface area contributed by atoms with Gasteiger partial charge in [-0.25, -0.2) is 0 Å². The summed E-state index contributed by atoms with van der Waals surface area (Å²) in [6.45, 7) is 4.28. The van der Waals surface area contributed by atoms with Crippen LogP contribution in [0.3, 0.4) is 0 Å². The zero-order valence-electron chi connectivity index (χ0n) is 11.6. The monoisotopic (exact) mass is 232 g/mol. The topological polar surface area (TPSA) is 0 Å². The Kier molecular flexibility index (Phi) is 14.0. The molecule has 0 rings (SSSR count). The molecule has 0 aliphatic carbocycles. The van der Waals surface area contributed by atoms with Crippen molar-refractivity contribution in [3.05, 3.63) is 48.6 Å². The first-order chi connectivity index (χ1) is 8.41. The summed E-state index contributed by atoms with van der Waals surface area (Å²) in [7, 11) is 0. The van der Waals surface area contributed by atoms with Gasteiger partial charge >= 0.3 is 0 Å². The standard InChI is InChI=1S/C17H28/c1-3-5-7-9-11-13-15-17-16-14-12-10-8-6-4-2/h3,5,7,9,12-15H,4,6,8,10-11,16-17H2,1-2H3. The highest BCUT2D eigenvalue weighted by Crippen LogP contribution is 2.01. The zero-order valence-corrected chi connectivity index (χ0v) is 11.6. The predicted molar refractivity (Wildman–Crippen MR) is 80.2 cm³/mol. The van der Waals surface area contributed by atoms with E-state index in [1.54, 1.807) is 0 Å². The molecule has 0 heterocycles. The van der Waals surface area contributed by atoms with Crippen LogP contribution in [0.15, 0.2) is 48.6 Å². The van der Waals surface area contributed by atoms with E-state index in [1.165, 1.54) is 38.5 Å². The van der Waals surface area contributed by atoms with E-state index >= 15 is 0 Å². The molecule has 0 N–H and O–H groups in total. The minimum Gasteiger partial charge on any atom is -0.0885 e. The molecule has 0 spiro atoms. The molecule has 0 unspecified atom stereocenters. The van der Waals surface area contributed by atoms with Crippen LogP contribution in [0.2, 0.25) is 0 Å². The molecule has 0 radical (unpaired) electrons. The van der Waals surface area contributed by atoms with Gasteiger partial charge in [-0.3, -0.25) is 0 Å². The summed E-state index contributed by atoms with van der Waals surface area (Å²) in [4.78, 5) is 0. The van der Waals surface area contributed by atoms with Gasteiger partial charge in [-0.1, -0.05) is 68.4 Å². The molecule has 17 heavy (non-hydrogen) atoms. The van der Waals surface area contributed by atoms with Gasteiger partial charge in [-0.2, -0.15) is 0 Å². The van der Waals surface area contributed by atoms with Crippen molar-refractivity contribution in [1.82, 2.24) is 0 Å². The fraction of sp³-hybridized carbons (Fsp3) is 0.529. The molecule has 0 fully saturated rings. The molecular weight excluding hydrogens is 204 g/mol. The highest BCUT2D eigenvalue weighted by atomic mass is 13.9. The van der Waals surface area contributed by atoms with Crippen LogP contribution in [0.5, 0.6) is 0 Å². The minimum absolute atomic E-state index is 1.05. The van der Waals surface area contributed by atoms with E-state index in [0.717, 1.165) is 6.42 Å². The first-order valence-electron chi connectivity index (χ1n) is 6.99. The molecule has 0 aromatic heterocycles. The molecule has 96 valence electrons. The molecule has 0 saturated heterocycles. The van der Waals surface area contributed by atoms with Crippen molar-refractivity contribution in [3.8, 4) is 0 Å². The largest absolute Gasteiger partial charge is 0.0885 e. The Morgan fingerprint density at radius 3 is 2.12 bits per heavy atom. The van der Waals surface area contributed by atoms with E-state index in [2.05, 4.69) is 49.5 Å². The molecule has 0 aromatic carbocycles. The molecule has 0 aliphatic rings. The number of hydrogen-bond donors (Lipinski definition) is 0. The number of unbranched alkanes of at least 4 members (excludes halogenated alkanes) is 4. The maximum Gasteiger partial charge on any atom is -0.0166 e. The maximum atomic E-state index is 2.33. The SMILES string of the molecule is CC=CC=CCC=CCCC=CCCCCC. The van der Waals surface area contributed by atoms with Crippen molar-refractivity contribution < 1.29 is 0 Å². The average Bonchev–Trinajstić information content (AvgIpc) is 2.35. The van der Waals surface area contributed by atoms with Crippen molar-refractivity contribution in [2.24, 2.45) is 0 Å². The third-order valence-corrected chi connectivity index (χ3v) is 2.52. The van der Waals surface area contributed by atoms with E-state index in [-0.39, 0.29) is 0 Å². The summed E-state index contributed by atoms with van der Waals surface area (Å²) in [6, 6.07) is 0. The van der Waals surface area contributed by atoms with E-state index in [4.69, 9.17) is 0 Å². The van der Waals surface area contributed by atoms with E-state index in [0.29, 0.717) is 0 Å². The fourth-order valence-electron chi connectivity index (χ4n) is 1.50. The highest BCUT2D eigenvalue weighted by molar-refractivity contribution is 5.03. The Morgan fingerprint density at radius 2 is 1.41 bits per heavy atom. The van der Waals surface area contributed by atoms with Gasteiger partial charge in [0, 0.05) is 0 Å². The predicted octanol–water partition coefficient (Wildman–Crippen LogP) is 5.98. The molecular formula is C17H28. The molecule has 0 atom stereocenters. The van der Waals surface area contributed by atoms with Crippen molar-refractivity contribution in [2.75, 3.05) is 0 Å². The normalized spacial score (nSPS) is 12.8. The quantitative estimate of drug-likeness (QED) is 0.247. The summed E-state index contributed by atoms with van der Waals surface area (Å²) in [5.41, 5.74) is 0. The summed E-state index contributed by atoms with van der Waals surface area (Å²) < 4.78 is 0. The van der Waals surface area contributed by atoms with Crippen molar-refractivity contribution in [3.63, 3.8) is 0 Å². The van der Waals surface area contributed by atoms with E-state index < -0.39 is 0 Å². The van der Waals surface area contributed by atoms with Crippen molar-refractivity contribution in [1.29, 1.82) is 0 Å². The molecule has 0 saturated carbocycles. The van der Waals surface area contributed by atoms with Crippen LogP contribution in [0.25, 0.3) is 0 Å². The Hall–Kier alpha value is -1.04. The first kappa shape index (κ1) is 16.0. The number of rotatable bonds is 10. The summed E-state index contributed by atoms with van der Waals surface area (Å²) in [5, 5.41) is 0. The second-order valence-corrected chi connectivity index (χ2v) is 4.21. The number of hydrogen-bond acceptors (Lipinski definition) is 0. The van der Waals surface area contributed by atoms with Crippen LogP contribution >= 0.6 is 0 Å². The third kappa shape index (κ3) is 15.0. The van der Waals surface area contributed by atoms with Gasteiger partial charge in [-0.05, 0) is 39.0 Å². The molecule has 0 aromatic rings. The molecule has 0 bridgehead atoms. The third-order valence-electron chi connectivity index (χ3n) is 2.52. The van der Waals surface area contributed by atoms with Crippen LogP contribution in [0.4, 0.5) is 0 Å². The second kappa shape index (κ2) is 15.0. The summed E-state index contributed by atoms with van der Waals surface area (Å²) in [6.07, 6.45) is 26.2. The van der Waals surface area contributed by atoms with Crippen LogP contribution in [0, 0.1) is 0 Å². The lowest BCUT2D eigenvalue weighted by molar-refractivity contribution is 0.728. The van der Waals surface area contributed by atoms with Crippen LogP contribution in [-0.2, 0) is 0 Å². The lowest BCUT2D eigenvalue weighted by Crippen LogP contribution is -1.71. The van der Waals surface area contributed by atoms with Gasteiger partial charge in [0.1, 0.15) is 0 Å². The lowest BCUT2D eigenvalue weighted by Gasteiger charge is -1.91. The van der Waals surface area contributed by atoms with Gasteiger partial charge in [0.05, 0.1) is 0 Å². The Labute approximate surface area is 108 Å². The Bertz CT molecular complexity index is 241. The van der Waals surface area contributed by atoms with Gasteiger partial charge < -0.3 is 0 Å². The Balaban J connectivity index is 3.29. The van der Waals surface area contributed by atoms with Gasteiger partial charge in [0.15, 0.2) is 0 Å². The molecule has 0 heteroatoms. The van der Waals surface area contributed by atoms with Crippen LogP contribution < -0.4 is 0 Å². The molecule has 0 nitrogen and oxygen atoms in total. The number of allylic oxidation sites excluding steroid dienone is 8. The maximum absolute atomic E-state index is 2.33. The molecule has 0 amide bonds. The fourth-order valence-corrected chi connectivity index (χ4v) is 1.50. The van der Waals surface area contributed by atoms with Gasteiger partial charge in [0.2, 0.25) is 0 Å². The van der Waals surface area contributed by atoms with Gasteiger partial charge in [0.25, 0.3) is 0 Å². The van der Waals surface area contributed by atoms with Crippen LogP contribution in [-0.4, -0.2) is 0 Å². The minimum atomic E-state index is 1.05. The van der Waals surface area contributed by atoms with E-state index in [1.807, 2.05) is 13.0 Å². The van der Waals surface area contributed by atoms with Crippen molar-refractivity contribution >= 4 is 0 Å². The van der Waals surface area contributed by atoms with E-state index in [9.17, 15) is 0 Å². The highest BCUT2D eigenvalue weighted by Gasteiger charge is 1.81. The summed E-state index contributed by atoms with van der Waals surface area (Å²) >= 11 is 0. The average molecular weight is 232 g/mol. The Morgan fingerprint density at radius 1 is 0.706 bits per heavy atom. The van der Waals surface area contributed by atoms with Crippen molar-refractivity contribution in [2.45, 2.75) is 58.8 Å².